The van der Waals surface area contributed by atoms with Crippen molar-refractivity contribution < 1.29 is 14.3 Å². The van der Waals surface area contributed by atoms with Crippen LogP contribution in [0.5, 0.6) is 5.75 Å². The molecule has 2 rings (SSSR count). The number of ether oxygens (including phenoxy) is 2. The van der Waals surface area contributed by atoms with Gasteiger partial charge < -0.3 is 9.47 Å². The Labute approximate surface area is 129 Å². The van der Waals surface area contributed by atoms with Gasteiger partial charge in [0.15, 0.2) is 0 Å². The highest BCUT2D eigenvalue weighted by atomic mass is 32.1. The van der Waals surface area contributed by atoms with E-state index in [1.165, 1.54) is 18.4 Å². The van der Waals surface area contributed by atoms with Gasteiger partial charge in [-0.2, -0.15) is 0 Å². The summed E-state index contributed by atoms with van der Waals surface area (Å²) in [6.45, 7) is 6.47. The zero-order chi connectivity index (χ0) is 15.6. The average Bonchev–Trinajstić information content (AvgIpc) is 2.94. The van der Waals surface area contributed by atoms with Crippen molar-refractivity contribution in [1.29, 1.82) is 0 Å². The molecule has 0 aliphatic heterocycles. The van der Waals surface area contributed by atoms with Crippen LogP contribution in [0.3, 0.4) is 0 Å². The molecule has 0 spiro atoms. The standard InChI is InChI=1S/C17H20O3S/c1-17(2,3)12-10-11(6-7-13(12)19-4)14-8-9-15(21-14)16(18)20-5/h6-10H,1-5H3. The molecule has 1 aromatic heterocycles. The van der Waals surface area contributed by atoms with Crippen LogP contribution in [0.2, 0.25) is 0 Å². The van der Waals surface area contributed by atoms with E-state index >= 15 is 0 Å². The van der Waals surface area contributed by atoms with Crippen LogP contribution in [0.15, 0.2) is 30.3 Å². The molecule has 0 aliphatic rings. The Hall–Kier alpha value is -1.81. The van der Waals surface area contributed by atoms with Gasteiger partial charge in [-0.15, -0.1) is 11.3 Å². The zero-order valence-electron chi connectivity index (χ0n) is 13.0. The third kappa shape index (κ3) is 3.27. The molecule has 0 radical (unpaired) electrons. The van der Waals surface area contributed by atoms with E-state index in [1.54, 1.807) is 13.2 Å². The van der Waals surface area contributed by atoms with Gasteiger partial charge in [0.05, 0.1) is 14.2 Å². The van der Waals surface area contributed by atoms with Crippen LogP contribution < -0.4 is 4.74 Å². The summed E-state index contributed by atoms with van der Waals surface area (Å²) < 4.78 is 10.2. The molecule has 1 aromatic carbocycles. The Kier molecular flexibility index (Phi) is 4.37. The van der Waals surface area contributed by atoms with E-state index in [4.69, 9.17) is 9.47 Å². The zero-order valence-corrected chi connectivity index (χ0v) is 13.8. The van der Waals surface area contributed by atoms with Gasteiger partial charge in [0.1, 0.15) is 10.6 Å². The van der Waals surface area contributed by atoms with Gasteiger partial charge >= 0.3 is 5.97 Å². The van der Waals surface area contributed by atoms with Crippen molar-refractivity contribution in [3.63, 3.8) is 0 Å². The number of thiophene rings is 1. The molecular weight excluding hydrogens is 284 g/mol. The SMILES string of the molecule is COC(=O)c1ccc(-c2ccc(OC)c(C(C)(C)C)c2)s1. The number of carbonyl (C=O) groups excluding carboxylic acids is 1. The maximum Gasteiger partial charge on any atom is 0.348 e. The molecule has 1 heterocycles. The van der Waals surface area contributed by atoms with E-state index in [0.29, 0.717) is 4.88 Å². The van der Waals surface area contributed by atoms with Crippen LogP contribution in [0, 0.1) is 0 Å². The summed E-state index contributed by atoms with van der Waals surface area (Å²) in [6.07, 6.45) is 0. The van der Waals surface area contributed by atoms with Crippen molar-refractivity contribution in [1.82, 2.24) is 0 Å². The average molecular weight is 304 g/mol. The van der Waals surface area contributed by atoms with E-state index in [2.05, 4.69) is 26.8 Å². The van der Waals surface area contributed by atoms with Gasteiger partial charge in [0.25, 0.3) is 0 Å². The van der Waals surface area contributed by atoms with Gasteiger partial charge in [-0.3, -0.25) is 0 Å². The maximum absolute atomic E-state index is 11.6. The number of methoxy groups -OCH3 is 2. The van der Waals surface area contributed by atoms with E-state index in [-0.39, 0.29) is 11.4 Å². The molecule has 0 N–H and O–H groups in total. The van der Waals surface area contributed by atoms with E-state index in [9.17, 15) is 4.79 Å². The largest absolute Gasteiger partial charge is 0.496 e. The van der Waals surface area contributed by atoms with Crippen molar-refractivity contribution in [2.75, 3.05) is 14.2 Å². The molecular formula is C17H20O3S. The van der Waals surface area contributed by atoms with Crippen LogP contribution in [0.1, 0.15) is 36.0 Å². The second-order valence-electron chi connectivity index (χ2n) is 5.82. The molecule has 0 saturated heterocycles. The number of hydrogen-bond acceptors (Lipinski definition) is 4. The highest BCUT2D eigenvalue weighted by molar-refractivity contribution is 7.17. The third-order valence-corrected chi connectivity index (χ3v) is 4.40. The Bertz CT molecular complexity index is 650. The predicted molar refractivity (Wildman–Crippen MR) is 86.3 cm³/mol. The minimum atomic E-state index is -0.296. The lowest BCUT2D eigenvalue weighted by atomic mass is 9.85. The Morgan fingerprint density at radius 1 is 1.10 bits per heavy atom. The summed E-state index contributed by atoms with van der Waals surface area (Å²) in [4.78, 5) is 13.2. The first-order valence-electron chi connectivity index (χ1n) is 6.74. The van der Waals surface area contributed by atoms with Crippen LogP contribution in [-0.2, 0) is 10.2 Å². The van der Waals surface area contributed by atoms with E-state index in [1.807, 2.05) is 18.2 Å². The van der Waals surface area contributed by atoms with Crippen LogP contribution in [0.25, 0.3) is 10.4 Å². The summed E-state index contributed by atoms with van der Waals surface area (Å²) in [5.74, 6) is 0.590. The lowest BCUT2D eigenvalue weighted by Gasteiger charge is -2.22. The van der Waals surface area contributed by atoms with Gasteiger partial charge in [0, 0.05) is 10.4 Å². The summed E-state index contributed by atoms with van der Waals surface area (Å²) in [6, 6.07) is 9.87. The van der Waals surface area contributed by atoms with Crippen molar-refractivity contribution in [3.05, 3.63) is 40.8 Å². The fourth-order valence-corrected chi connectivity index (χ4v) is 3.07. The lowest BCUT2D eigenvalue weighted by molar-refractivity contribution is 0.0606. The quantitative estimate of drug-likeness (QED) is 0.783. The number of rotatable bonds is 3. The second kappa shape index (κ2) is 5.90. The summed E-state index contributed by atoms with van der Waals surface area (Å²) in [5, 5.41) is 0. The van der Waals surface area contributed by atoms with Crippen LogP contribution in [0.4, 0.5) is 0 Å². The normalized spacial score (nSPS) is 11.3. The first-order valence-corrected chi connectivity index (χ1v) is 7.55. The van der Waals surface area contributed by atoms with Gasteiger partial charge in [-0.05, 0) is 41.3 Å². The van der Waals surface area contributed by atoms with Crippen LogP contribution >= 0.6 is 11.3 Å². The second-order valence-corrected chi connectivity index (χ2v) is 6.90. The predicted octanol–water partition coefficient (Wildman–Crippen LogP) is 4.51. The van der Waals surface area contributed by atoms with Gasteiger partial charge in [-0.25, -0.2) is 4.79 Å². The highest BCUT2D eigenvalue weighted by Crippen LogP contribution is 2.37. The maximum atomic E-state index is 11.6. The Morgan fingerprint density at radius 3 is 2.38 bits per heavy atom. The summed E-state index contributed by atoms with van der Waals surface area (Å²) >= 11 is 1.44. The number of hydrogen-bond donors (Lipinski definition) is 0. The molecule has 0 aliphatic carbocycles. The fraction of sp³-hybridized carbons (Fsp3) is 0.353. The summed E-state index contributed by atoms with van der Waals surface area (Å²) in [5.41, 5.74) is 2.22. The number of esters is 1. The minimum absolute atomic E-state index is 0.0101. The molecule has 112 valence electrons. The first kappa shape index (κ1) is 15.6. The highest BCUT2D eigenvalue weighted by Gasteiger charge is 2.20. The molecule has 0 atom stereocenters. The Balaban J connectivity index is 2.45. The molecule has 2 aromatic rings. The molecule has 4 heteroatoms. The smallest absolute Gasteiger partial charge is 0.348 e. The topological polar surface area (TPSA) is 35.5 Å². The molecule has 0 fully saturated rings. The molecule has 3 nitrogen and oxygen atoms in total. The first-order chi connectivity index (χ1) is 9.86. The number of benzene rings is 1. The van der Waals surface area contributed by atoms with E-state index < -0.39 is 0 Å². The Morgan fingerprint density at radius 2 is 1.81 bits per heavy atom. The molecule has 0 bridgehead atoms. The third-order valence-electron chi connectivity index (χ3n) is 3.28. The van der Waals surface area contributed by atoms with Crippen molar-refractivity contribution >= 4 is 17.3 Å². The fourth-order valence-electron chi connectivity index (χ4n) is 2.15. The van der Waals surface area contributed by atoms with E-state index in [0.717, 1.165) is 21.8 Å². The molecule has 0 amide bonds. The van der Waals surface area contributed by atoms with Crippen molar-refractivity contribution in [3.8, 4) is 16.2 Å². The molecule has 21 heavy (non-hydrogen) atoms. The number of carbonyl (C=O) groups is 1. The van der Waals surface area contributed by atoms with Crippen molar-refractivity contribution in [2.45, 2.75) is 26.2 Å². The monoisotopic (exact) mass is 304 g/mol. The lowest BCUT2D eigenvalue weighted by Crippen LogP contribution is -2.12. The molecule has 0 saturated carbocycles. The summed E-state index contributed by atoms with van der Waals surface area (Å²) in [7, 11) is 3.08. The van der Waals surface area contributed by atoms with Crippen LogP contribution in [-0.4, -0.2) is 20.2 Å². The van der Waals surface area contributed by atoms with Gasteiger partial charge in [0.2, 0.25) is 0 Å². The molecule has 0 unspecified atom stereocenters. The van der Waals surface area contributed by atoms with Gasteiger partial charge in [-0.1, -0.05) is 20.8 Å². The van der Waals surface area contributed by atoms with Crippen molar-refractivity contribution in [2.24, 2.45) is 0 Å². The minimum Gasteiger partial charge on any atom is -0.496 e.